The van der Waals surface area contributed by atoms with Gasteiger partial charge in [-0.25, -0.2) is 22.5 Å². The first-order valence-corrected chi connectivity index (χ1v) is 12.7. The predicted molar refractivity (Wildman–Crippen MR) is 142 cm³/mol. The van der Waals surface area contributed by atoms with Crippen LogP contribution in [0.2, 0.25) is 0 Å². The van der Waals surface area contributed by atoms with Crippen molar-refractivity contribution in [2.24, 2.45) is 0 Å². The molecule has 5 heterocycles. The Kier molecular flexibility index (Phi) is 5.63. The third-order valence-corrected chi connectivity index (χ3v) is 7.13. The van der Waals surface area contributed by atoms with Crippen LogP contribution in [0.3, 0.4) is 0 Å². The van der Waals surface area contributed by atoms with Crippen LogP contribution in [0.15, 0.2) is 67.1 Å². The van der Waals surface area contributed by atoms with Gasteiger partial charge in [0.05, 0.1) is 23.3 Å². The van der Waals surface area contributed by atoms with Gasteiger partial charge in [0.25, 0.3) is 5.92 Å². The molecule has 0 saturated carbocycles. The number of halogens is 4. The van der Waals surface area contributed by atoms with E-state index in [-0.39, 0.29) is 18.8 Å². The van der Waals surface area contributed by atoms with E-state index in [9.17, 15) is 13.2 Å². The number of alkyl halides is 2. The molecule has 1 aliphatic heterocycles. The van der Waals surface area contributed by atoms with Gasteiger partial charge in [-0.05, 0) is 35.9 Å². The third-order valence-electron chi connectivity index (χ3n) is 7.13. The van der Waals surface area contributed by atoms with Gasteiger partial charge in [-0.2, -0.15) is 5.10 Å². The molecule has 2 N–H and O–H groups in total. The summed E-state index contributed by atoms with van der Waals surface area (Å²) in [5.74, 6) is -3.11. The lowest BCUT2D eigenvalue weighted by atomic mass is 10.0. The zero-order valence-electron chi connectivity index (χ0n) is 20.9. The summed E-state index contributed by atoms with van der Waals surface area (Å²) in [7, 11) is 0. The molecule has 0 amide bonds. The topological polar surface area (TPSA) is 86.4 Å². The van der Waals surface area contributed by atoms with Crippen molar-refractivity contribution in [2.45, 2.75) is 18.9 Å². The summed E-state index contributed by atoms with van der Waals surface area (Å²) in [4.78, 5) is 18.3. The molecule has 40 heavy (non-hydrogen) atoms. The molecule has 7 rings (SSSR count). The summed E-state index contributed by atoms with van der Waals surface area (Å²) in [6.45, 7) is 0.297. The maximum Gasteiger partial charge on any atom is 0.261 e. The van der Waals surface area contributed by atoms with Crippen molar-refractivity contribution in [1.29, 1.82) is 0 Å². The quantitative estimate of drug-likeness (QED) is 0.248. The average molecular weight is 544 g/mol. The first-order valence-electron chi connectivity index (χ1n) is 12.7. The largest absolute Gasteiger partial charge is 0.336 e. The molecule has 0 atom stereocenters. The third kappa shape index (κ3) is 4.37. The van der Waals surface area contributed by atoms with Crippen molar-refractivity contribution < 1.29 is 17.6 Å². The van der Waals surface area contributed by atoms with Gasteiger partial charge < -0.3 is 4.98 Å². The van der Waals surface area contributed by atoms with E-state index in [0.29, 0.717) is 68.9 Å². The summed E-state index contributed by atoms with van der Waals surface area (Å²) in [6, 6.07) is 12.7. The van der Waals surface area contributed by atoms with Gasteiger partial charge in [0, 0.05) is 66.2 Å². The minimum atomic E-state index is -2.69. The summed E-state index contributed by atoms with van der Waals surface area (Å²) in [6.07, 6.45) is 4.60. The van der Waals surface area contributed by atoms with Crippen molar-refractivity contribution in [3.05, 3.63) is 84.3 Å². The number of aromatic nitrogens is 6. The number of fused-ring (bicyclic) bond motifs is 2. The van der Waals surface area contributed by atoms with E-state index in [1.54, 1.807) is 53.8 Å². The fourth-order valence-corrected chi connectivity index (χ4v) is 5.26. The van der Waals surface area contributed by atoms with Gasteiger partial charge in [-0.15, -0.1) is 0 Å². The lowest BCUT2D eigenvalue weighted by Gasteiger charge is -2.16. The van der Waals surface area contributed by atoms with Gasteiger partial charge in [0.2, 0.25) is 0 Å². The number of nitrogens with zero attached hydrogens (tertiary/aromatic N) is 5. The van der Waals surface area contributed by atoms with Gasteiger partial charge >= 0.3 is 0 Å². The number of pyridine rings is 2. The second kappa shape index (κ2) is 9.23. The van der Waals surface area contributed by atoms with Crippen LogP contribution in [-0.4, -0.2) is 54.0 Å². The van der Waals surface area contributed by atoms with Gasteiger partial charge in [-0.3, -0.25) is 20.0 Å². The van der Waals surface area contributed by atoms with E-state index >= 15 is 4.39 Å². The fourth-order valence-electron chi connectivity index (χ4n) is 5.26. The van der Waals surface area contributed by atoms with Crippen LogP contribution < -0.4 is 0 Å². The molecule has 7 nitrogen and oxygen atoms in total. The average Bonchev–Trinajstić information content (AvgIpc) is 3.63. The molecule has 6 aromatic rings. The number of nitrogens with one attached hydrogen (secondary N) is 2. The van der Waals surface area contributed by atoms with Crippen LogP contribution in [0.25, 0.3) is 55.8 Å². The zero-order valence-corrected chi connectivity index (χ0v) is 20.9. The van der Waals surface area contributed by atoms with Crippen LogP contribution in [0, 0.1) is 11.6 Å². The molecule has 1 aliphatic rings. The summed E-state index contributed by atoms with van der Waals surface area (Å²) in [5.41, 5.74) is 4.83. The lowest BCUT2D eigenvalue weighted by molar-refractivity contribution is 0.0115. The Hall–Kier alpha value is -4.64. The van der Waals surface area contributed by atoms with Crippen LogP contribution in [-0.2, 0) is 6.54 Å². The molecule has 0 aliphatic carbocycles. The minimum absolute atomic E-state index is 0.170. The zero-order chi connectivity index (χ0) is 27.4. The van der Waals surface area contributed by atoms with Crippen molar-refractivity contribution in [2.75, 3.05) is 13.1 Å². The van der Waals surface area contributed by atoms with Crippen molar-refractivity contribution >= 4 is 21.9 Å². The van der Waals surface area contributed by atoms with E-state index in [1.807, 2.05) is 0 Å². The van der Waals surface area contributed by atoms with Crippen LogP contribution in [0.4, 0.5) is 17.6 Å². The van der Waals surface area contributed by atoms with E-state index < -0.39 is 11.7 Å². The number of likely N-dealkylation sites (tertiary alicyclic amines) is 1. The molecule has 0 bridgehead atoms. The van der Waals surface area contributed by atoms with Gasteiger partial charge in [0.1, 0.15) is 22.8 Å². The van der Waals surface area contributed by atoms with E-state index in [4.69, 9.17) is 4.98 Å². The Balaban J connectivity index is 1.27. The highest BCUT2D eigenvalue weighted by molar-refractivity contribution is 5.97. The van der Waals surface area contributed by atoms with Gasteiger partial charge in [0.15, 0.2) is 5.82 Å². The van der Waals surface area contributed by atoms with Crippen LogP contribution >= 0.6 is 0 Å². The van der Waals surface area contributed by atoms with Crippen molar-refractivity contribution in [3.63, 3.8) is 0 Å². The molecule has 0 radical (unpaired) electrons. The maximum absolute atomic E-state index is 15.2. The molecule has 4 aromatic heterocycles. The minimum Gasteiger partial charge on any atom is -0.336 e. The monoisotopic (exact) mass is 543 g/mol. The molecule has 1 saturated heterocycles. The highest BCUT2D eigenvalue weighted by Gasteiger charge is 2.38. The second-order valence-corrected chi connectivity index (χ2v) is 10.00. The molecule has 0 unspecified atom stereocenters. The Morgan fingerprint density at radius 3 is 2.67 bits per heavy atom. The first-order chi connectivity index (χ1) is 19.3. The van der Waals surface area contributed by atoms with E-state index in [2.05, 4.69) is 25.1 Å². The standard InChI is InChI=1S/C29H21F4N7/c30-19-3-1-2-17(9-19)25-27-23(4-6-35-25)36-28(37-27)26-21-10-20(22(31)11-24(21)38-39-26)18-8-16(12-34-13-18)14-40-7-5-29(32,33)15-40/h1-4,6,8-13H,5,7,14-15H2,(H,36,37)(H,38,39). The van der Waals surface area contributed by atoms with Crippen molar-refractivity contribution in [1.82, 2.24) is 35.0 Å². The summed E-state index contributed by atoms with van der Waals surface area (Å²) >= 11 is 0. The number of imidazole rings is 1. The first kappa shape index (κ1) is 24.4. The fraction of sp³-hybridized carbons (Fsp3) is 0.172. The summed E-state index contributed by atoms with van der Waals surface area (Å²) < 4.78 is 56.4. The Labute approximate surface area is 224 Å². The highest BCUT2D eigenvalue weighted by Crippen LogP contribution is 2.34. The number of H-pyrrole nitrogens is 2. The maximum atomic E-state index is 15.2. The van der Waals surface area contributed by atoms with E-state index in [0.717, 1.165) is 5.56 Å². The Bertz CT molecular complexity index is 1890. The SMILES string of the molecule is Fc1cccc(-c2nccc3[nH]c(-c4n[nH]c5cc(F)c(-c6cncc(CN7CCC(F)(F)C7)c6)cc45)nc23)c1. The number of hydrogen-bond donors (Lipinski definition) is 2. The molecule has 1 fully saturated rings. The molecule has 11 heteroatoms. The summed E-state index contributed by atoms with van der Waals surface area (Å²) in [5, 5.41) is 7.88. The van der Waals surface area contributed by atoms with Gasteiger partial charge in [-0.1, -0.05) is 12.1 Å². The van der Waals surface area contributed by atoms with Crippen LogP contribution in [0.5, 0.6) is 0 Å². The second-order valence-electron chi connectivity index (χ2n) is 10.00. The molecular weight excluding hydrogens is 522 g/mol. The molecule has 0 spiro atoms. The molecule has 200 valence electrons. The molecular formula is C29H21F4N7. The van der Waals surface area contributed by atoms with Crippen LogP contribution in [0.1, 0.15) is 12.0 Å². The van der Waals surface area contributed by atoms with Crippen molar-refractivity contribution in [3.8, 4) is 33.9 Å². The smallest absolute Gasteiger partial charge is 0.261 e. The number of aromatic amines is 2. The number of benzene rings is 2. The number of hydrogen-bond acceptors (Lipinski definition) is 5. The molecule has 2 aromatic carbocycles. The highest BCUT2D eigenvalue weighted by atomic mass is 19.3. The lowest BCUT2D eigenvalue weighted by Crippen LogP contribution is -2.24. The Morgan fingerprint density at radius 2 is 1.85 bits per heavy atom. The predicted octanol–water partition coefficient (Wildman–Crippen LogP) is 6.35. The Morgan fingerprint density at radius 1 is 0.950 bits per heavy atom. The normalized spacial score (nSPS) is 15.4. The van der Waals surface area contributed by atoms with E-state index in [1.165, 1.54) is 18.2 Å². The number of rotatable bonds is 5.